The highest BCUT2D eigenvalue weighted by Crippen LogP contribution is 2.40. The Morgan fingerprint density at radius 3 is 2.59 bits per heavy atom. The molecule has 0 spiro atoms. The molecule has 3 atom stereocenters. The lowest BCUT2D eigenvalue weighted by molar-refractivity contribution is -0.137. The zero-order valence-electron chi connectivity index (χ0n) is 14.9. The molecule has 2 aromatic rings. The topological polar surface area (TPSA) is 83.2 Å². The molecule has 1 aromatic heterocycles. The van der Waals surface area contributed by atoms with Crippen LogP contribution in [0.3, 0.4) is 0 Å². The van der Waals surface area contributed by atoms with Crippen LogP contribution >= 0.6 is 0 Å². The van der Waals surface area contributed by atoms with Crippen molar-refractivity contribution in [3.05, 3.63) is 47.3 Å². The number of aryl methyl sites for hydroxylation is 1. The normalized spacial score (nSPS) is 26.3. The smallest absolute Gasteiger partial charge is 0.396 e. The van der Waals surface area contributed by atoms with E-state index >= 15 is 0 Å². The highest BCUT2D eigenvalue weighted by atomic mass is 19.4. The number of rotatable bonds is 5. The van der Waals surface area contributed by atoms with Crippen LogP contribution in [0.25, 0.3) is 0 Å². The van der Waals surface area contributed by atoms with E-state index in [9.17, 15) is 18.3 Å². The van der Waals surface area contributed by atoms with Crippen molar-refractivity contribution < 1.29 is 23.4 Å². The van der Waals surface area contributed by atoms with Crippen LogP contribution in [0, 0.1) is 0 Å². The van der Waals surface area contributed by atoms with Crippen LogP contribution in [0.1, 0.15) is 49.0 Å². The number of alkyl halides is 3. The van der Waals surface area contributed by atoms with Crippen LogP contribution < -0.4 is 5.32 Å². The summed E-state index contributed by atoms with van der Waals surface area (Å²) in [6.07, 6.45) is -1.42. The molecule has 2 heterocycles. The summed E-state index contributed by atoms with van der Waals surface area (Å²) in [5.74, 6) is 0. The lowest BCUT2D eigenvalue weighted by Crippen LogP contribution is -2.47. The number of hydrogen-bond donors (Lipinski definition) is 3. The van der Waals surface area contributed by atoms with Gasteiger partial charge in [0.2, 0.25) is 0 Å². The minimum atomic E-state index is -4.40. The van der Waals surface area contributed by atoms with Crippen LogP contribution in [0.2, 0.25) is 0 Å². The van der Waals surface area contributed by atoms with Gasteiger partial charge in [-0.05, 0) is 37.5 Å². The quantitative estimate of drug-likeness (QED) is 0.737. The van der Waals surface area contributed by atoms with Gasteiger partial charge in [0.1, 0.15) is 0 Å². The van der Waals surface area contributed by atoms with Crippen molar-refractivity contribution >= 4 is 0 Å². The summed E-state index contributed by atoms with van der Waals surface area (Å²) < 4.78 is 40.0. The Kier molecular flexibility index (Phi) is 5.55. The average Bonchev–Trinajstić information content (AvgIpc) is 3.07. The fourth-order valence-corrected chi connectivity index (χ4v) is 3.60. The molecule has 0 saturated carbocycles. The third-order valence-electron chi connectivity index (χ3n) is 4.88. The summed E-state index contributed by atoms with van der Waals surface area (Å²) in [5, 5.41) is 31.6. The number of aliphatic hydroxyl groups excluding tert-OH is 1. The standard InChI is InChI=1S/C18H23F3N4O2/c1-12-9-17(27,13-3-5-14(6-4-13)18(19,20)21)10-15(22-12)16-11-25(24-23-16)7-2-8-26/h3-6,11-12,15,22,26-27H,2,7-10H2,1H3/t12-,15-,17-/m0/s1. The Morgan fingerprint density at radius 1 is 1.26 bits per heavy atom. The minimum absolute atomic E-state index is 0.0568. The van der Waals surface area contributed by atoms with E-state index in [2.05, 4.69) is 15.6 Å². The Balaban J connectivity index is 1.80. The lowest BCUT2D eigenvalue weighted by Gasteiger charge is -2.40. The number of aliphatic hydroxyl groups is 2. The van der Waals surface area contributed by atoms with Crippen molar-refractivity contribution in [2.24, 2.45) is 0 Å². The van der Waals surface area contributed by atoms with E-state index in [1.54, 1.807) is 10.9 Å². The molecule has 0 aliphatic carbocycles. The number of halogens is 3. The summed E-state index contributed by atoms with van der Waals surface area (Å²) in [5.41, 5.74) is -0.875. The molecule has 1 aliphatic heterocycles. The summed E-state index contributed by atoms with van der Waals surface area (Å²) in [4.78, 5) is 0. The molecular formula is C18H23F3N4O2. The van der Waals surface area contributed by atoms with Gasteiger partial charge >= 0.3 is 6.18 Å². The van der Waals surface area contributed by atoms with Crippen LogP contribution in [-0.2, 0) is 18.3 Å². The number of aromatic nitrogens is 3. The zero-order valence-corrected chi connectivity index (χ0v) is 14.9. The monoisotopic (exact) mass is 384 g/mol. The maximum absolute atomic E-state index is 12.8. The van der Waals surface area contributed by atoms with E-state index in [1.165, 1.54) is 12.1 Å². The third-order valence-corrected chi connectivity index (χ3v) is 4.88. The molecule has 1 aliphatic rings. The van der Waals surface area contributed by atoms with E-state index in [0.717, 1.165) is 12.1 Å². The second kappa shape index (κ2) is 7.57. The second-order valence-electron chi connectivity index (χ2n) is 7.12. The Bertz CT molecular complexity index is 763. The van der Waals surface area contributed by atoms with E-state index in [1.807, 2.05) is 6.92 Å². The van der Waals surface area contributed by atoms with E-state index in [0.29, 0.717) is 30.6 Å². The highest BCUT2D eigenvalue weighted by Gasteiger charge is 2.40. The van der Waals surface area contributed by atoms with E-state index in [4.69, 9.17) is 5.11 Å². The molecule has 9 heteroatoms. The van der Waals surface area contributed by atoms with Gasteiger partial charge in [-0.25, -0.2) is 0 Å². The molecule has 3 N–H and O–H groups in total. The van der Waals surface area contributed by atoms with Crippen molar-refractivity contribution in [1.82, 2.24) is 20.3 Å². The number of nitrogens with zero attached hydrogens (tertiary/aromatic N) is 3. The first-order valence-corrected chi connectivity index (χ1v) is 8.88. The second-order valence-corrected chi connectivity index (χ2v) is 7.12. The van der Waals surface area contributed by atoms with Gasteiger partial charge in [0, 0.05) is 25.6 Å². The largest absolute Gasteiger partial charge is 0.416 e. The summed E-state index contributed by atoms with van der Waals surface area (Å²) in [6.45, 7) is 2.51. The molecule has 0 unspecified atom stereocenters. The first-order chi connectivity index (χ1) is 12.7. The van der Waals surface area contributed by atoms with Crippen molar-refractivity contribution in [2.45, 2.75) is 56.6 Å². The van der Waals surface area contributed by atoms with Crippen LogP contribution in [0.15, 0.2) is 30.5 Å². The fourth-order valence-electron chi connectivity index (χ4n) is 3.60. The first-order valence-electron chi connectivity index (χ1n) is 8.88. The molecule has 148 valence electrons. The number of hydrogen-bond acceptors (Lipinski definition) is 5. The molecule has 27 heavy (non-hydrogen) atoms. The van der Waals surface area contributed by atoms with Crippen molar-refractivity contribution in [3.63, 3.8) is 0 Å². The average molecular weight is 384 g/mol. The lowest BCUT2D eigenvalue weighted by atomic mass is 9.78. The van der Waals surface area contributed by atoms with Gasteiger partial charge in [0.05, 0.1) is 29.1 Å². The van der Waals surface area contributed by atoms with Crippen LogP contribution in [-0.4, -0.2) is 37.9 Å². The molecule has 0 bridgehead atoms. The maximum atomic E-state index is 12.8. The molecule has 6 nitrogen and oxygen atoms in total. The van der Waals surface area contributed by atoms with Gasteiger partial charge in [-0.1, -0.05) is 17.3 Å². The summed E-state index contributed by atoms with van der Waals surface area (Å²) >= 11 is 0. The molecule has 0 radical (unpaired) electrons. The highest BCUT2D eigenvalue weighted by molar-refractivity contribution is 5.30. The van der Waals surface area contributed by atoms with Gasteiger partial charge in [-0.15, -0.1) is 5.10 Å². The van der Waals surface area contributed by atoms with Gasteiger partial charge in [-0.2, -0.15) is 13.2 Å². The van der Waals surface area contributed by atoms with Crippen LogP contribution in [0.4, 0.5) is 13.2 Å². The fraction of sp³-hybridized carbons (Fsp3) is 0.556. The minimum Gasteiger partial charge on any atom is -0.396 e. The maximum Gasteiger partial charge on any atom is 0.416 e. The molecule has 1 fully saturated rings. The number of benzene rings is 1. The third kappa shape index (κ3) is 4.48. The molecule has 1 aromatic carbocycles. The Morgan fingerprint density at radius 2 is 1.96 bits per heavy atom. The number of nitrogens with one attached hydrogen (secondary N) is 1. The number of piperidine rings is 1. The van der Waals surface area contributed by atoms with Gasteiger partial charge < -0.3 is 15.5 Å². The van der Waals surface area contributed by atoms with Gasteiger partial charge in [0.15, 0.2) is 0 Å². The van der Waals surface area contributed by atoms with Gasteiger partial charge in [0.25, 0.3) is 0 Å². The predicted octanol–water partition coefficient (Wildman–Crippen LogP) is 2.38. The van der Waals surface area contributed by atoms with Crippen molar-refractivity contribution in [2.75, 3.05) is 6.61 Å². The summed E-state index contributed by atoms with van der Waals surface area (Å²) in [7, 11) is 0. The Hall–Kier alpha value is -1.97. The van der Waals surface area contributed by atoms with Gasteiger partial charge in [-0.3, -0.25) is 4.68 Å². The summed E-state index contributed by atoms with van der Waals surface area (Å²) in [6, 6.07) is 4.36. The van der Waals surface area contributed by atoms with Crippen LogP contribution in [0.5, 0.6) is 0 Å². The zero-order chi connectivity index (χ0) is 19.7. The molecule has 1 saturated heterocycles. The predicted molar refractivity (Wildman–Crippen MR) is 91.6 cm³/mol. The van der Waals surface area contributed by atoms with Crippen molar-refractivity contribution in [1.29, 1.82) is 0 Å². The van der Waals surface area contributed by atoms with Crippen molar-refractivity contribution in [3.8, 4) is 0 Å². The first kappa shape index (κ1) is 19.8. The van der Waals surface area contributed by atoms with E-state index in [-0.39, 0.29) is 25.1 Å². The molecule has 0 amide bonds. The Labute approximate surface area is 155 Å². The molecular weight excluding hydrogens is 361 g/mol. The molecule has 3 rings (SSSR count). The SMILES string of the molecule is C[C@H]1C[C@@](O)(c2ccc(C(F)(F)F)cc2)C[C@@H](c2cn(CCCO)nn2)N1. The van der Waals surface area contributed by atoms with E-state index < -0.39 is 17.3 Å².